The van der Waals surface area contributed by atoms with Gasteiger partial charge in [0.05, 0.1) is 12.9 Å². The highest BCUT2D eigenvalue weighted by molar-refractivity contribution is 5.81. The van der Waals surface area contributed by atoms with Crippen molar-refractivity contribution < 1.29 is 28.5 Å². The highest BCUT2D eigenvalue weighted by Gasteiger charge is 2.49. The molecule has 1 aliphatic rings. The highest BCUT2D eigenvalue weighted by atomic mass is 19.1. The molecular weight excluding hydrogens is 445 g/mol. The molecular formula is C23H30FN5O5. The number of carbonyl (C=O) groups is 1. The van der Waals surface area contributed by atoms with E-state index in [1.54, 1.807) is 0 Å². The molecule has 10 nitrogen and oxygen atoms in total. The number of nitrogen functional groups attached to an aromatic ring is 1. The molecule has 0 aromatic carbocycles. The van der Waals surface area contributed by atoms with Crippen molar-refractivity contribution in [1.29, 1.82) is 0 Å². The standard InChI is InChI=1S/C23H30FN5O5/c1-5-9-22(6-2,7-3)10-11-32-21(31)33-13-23(8-4)15(30)12-16(34-23)29-14-26-17-18(25)27-20(24)28-19(17)29/h4-5,14-16,30H,1,6-7,9-13H2,2-3H3,(H2,25,27,28)/t15-,16+,23+/m0/s1. The minimum absolute atomic E-state index is 0.0139. The zero-order chi connectivity index (χ0) is 24.9. The van der Waals surface area contributed by atoms with Crippen LogP contribution in [0.5, 0.6) is 0 Å². The maximum absolute atomic E-state index is 13.7. The lowest BCUT2D eigenvalue weighted by Gasteiger charge is -2.30. The fourth-order valence-electron chi connectivity index (χ4n) is 4.20. The van der Waals surface area contributed by atoms with Crippen LogP contribution in [0.15, 0.2) is 19.0 Å². The fourth-order valence-corrected chi connectivity index (χ4v) is 4.20. The predicted octanol–water partition coefficient (Wildman–Crippen LogP) is 3.13. The number of rotatable bonds is 10. The molecule has 0 amide bonds. The maximum atomic E-state index is 13.7. The highest BCUT2D eigenvalue weighted by Crippen LogP contribution is 2.38. The van der Waals surface area contributed by atoms with Crippen molar-refractivity contribution in [3.05, 3.63) is 25.1 Å². The summed E-state index contributed by atoms with van der Waals surface area (Å²) in [4.78, 5) is 23.4. The zero-order valence-corrected chi connectivity index (χ0v) is 19.4. The topological polar surface area (TPSA) is 135 Å². The molecule has 3 N–H and O–H groups in total. The van der Waals surface area contributed by atoms with E-state index in [1.165, 1.54) is 10.9 Å². The average Bonchev–Trinajstić information content (AvgIpc) is 3.38. The van der Waals surface area contributed by atoms with Crippen LogP contribution in [-0.2, 0) is 14.2 Å². The van der Waals surface area contributed by atoms with Crippen molar-refractivity contribution in [2.45, 2.75) is 63.9 Å². The van der Waals surface area contributed by atoms with E-state index in [1.807, 2.05) is 6.08 Å². The average molecular weight is 476 g/mol. The Hall–Kier alpha value is -3.23. The fraction of sp³-hybridized carbons (Fsp3) is 0.565. The van der Waals surface area contributed by atoms with Gasteiger partial charge in [-0.15, -0.1) is 13.0 Å². The summed E-state index contributed by atoms with van der Waals surface area (Å²) in [5.74, 6) is 2.25. The van der Waals surface area contributed by atoms with Gasteiger partial charge in [-0.1, -0.05) is 38.7 Å². The molecule has 0 unspecified atom stereocenters. The van der Waals surface area contributed by atoms with E-state index in [-0.39, 0.29) is 35.4 Å². The summed E-state index contributed by atoms with van der Waals surface area (Å²) < 4.78 is 31.4. The Bertz CT molecular complexity index is 1080. The first-order chi connectivity index (χ1) is 16.2. The SMILES string of the molecule is C#C[C@]1(COC(=O)OCCC(CC)(CC)CC=C)O[C@@H](n2cnc3c(N)nc(F)nc32)C[C@@H]1O. The van der Waals surface area contributed by atoms with Crippen molar-refractivity contribution in [2.75, 3.05) is 18.9 Å². The molecule has 2 aromatic heterocycles. The number of terminal acetylenes is 1. The molecule has 34 heavy (non-hydrogen) atoms. The van der Waals surface area contributed by atoms with Gasteiger partial charge in [0.2, 0.25) is 0 Å². The number of aliphatic hydroxyl groups excluding tert-OH is 1. The van der Waals surface area contributed by atoms with E-state index < -0.39 is 36.8 Å². The summed E-state index contributed by atoms with van der Waals surface area (Å²) in [6.07, 6.45) is 8.25. The third-order valence-corrected chi connectivity index (χ3v) is 6.62. The number of nitrogens with two attached hydrogens (primary N) is 1. The summed E-state index contributed by atoms with van der Waals surface area (Å²) in [6, 6.07) is 0. The third kappa shape index (κ3) is 4.98. The molecule has 0 spiro atoms. The number of allylic oxidation sites excluding steroid dienone is 1. The predicted molar refractivity (Wildman–Crippen MR) is 122 cm³/mol. The minimum atomic E-state index is -1.63. The number of carbonyl (C=O) groups excluding carboxylic acids is 1. The van der Waals surface area contributed by atoms with Gasteiger partial charge in [0, 0.05) is 6.42 Å². The molecule has 0 radical (unpaired) electrons. The molecule has 1 aliphatic heterocycles. The first kappa shape index (κ1) is 25.4. The van der Waals surface area contributed by atoms with Gasteiger partial charge in [-0.25, -0.2) is 9.78 Å². The summed E-state index contributed by atoms with van der Waals surface area (Å²) in [5.41, 5.74) is 4.35. The lowest BCUT2D eigenvalue weighted by atomic mass is 9.77. The molecule has 3 heterocycles. The zero-order valence-electron chi connectivity index (χ0n) is 19.4. The molecule has 2 aromatic rings. The Balaban J connectivity index is 1.63. The van der Waals surface area contributed by atoms with Gasteiger partial charge in [-0.3, -0.25) is 4.57 Å². The number of hydrogen-bond acceptors (Lipinski definition) is 9. The van der Waals surface area contributed by atoms with E-state index >= 15 is 0 Å². The van der Waals surface area contributed by atoms with Crippen molar-refractivity contribution in [3.63, 3.8) is 0 Å². The molecule has 11 heteroatoms. The molecule has 0 saturated carbocycles. The van der Waals surface area contributed by atoms with Crippen LogP contribution in [0.4, 0.5) is 15.0 Å². The van der Waals surface area contributed by atoms with Crippen LogP contribution in [-0.4, -0.2) is 55.7 Å². The molecule has 1 fully saturated rings. The second-order valence-electron chi connectivity index (χ2n) is 8.40. The minimum Gasteiger partial charge on any atom is -0.434 e. The normalized spacial score (nSPS) is 22.4. The van der Waals surface area contributed by atoms with Crippen LogP contribution in [0.3, 0.4) is 0 Å². The third-order valence-electron chi connectivity index (χ3n) is 6.62. The Morgan fingerprint density at radius 1 is 1.50 bits per heavy atom. The lowest BCUT2D eigenvalue weighted by molar-refractivity contribution is -0.0984. The number of aromatic nitrogens is 4. The van der Waals surface area contributed by atoms with Crippen LogP contribution < -0.4 is 5.73 Å². The van der Waals surface area contributed by atoms with Crippen LogP contribution >= 0.6 is 0 Å². The van der Waals surface area contributed by atoms with E-state index in [0.717, 1.165) is 19.3 Å². The quantitative estimate of drug-likeness (QED) is 0.230. The van der Waals surface area contributed by atoms with Crippen LogP contribution in [0.25, 0.3) is 11.2 Å². The van der Waals surface area contributed by atoms with Crippen molar-refractivity contribution in [1.82, 2.24) is 19.5 Å². The number of anilines is 1. The number of ether oxygens (including phenoxy) is 3. The summed E-state index contributed by atoms with van der Waals surface area (Å²) in [7, 11) is 0. The Labute approximate surface area is 197 Å². The van der Waals surface area contributed by atoms with Gasteiger partial charge in [0.15, 0.2) is 22.6 Å². The van der Waals surface area contributed by atoms with E-state index in [9.17, 15) is 14.3 Å². The van der Waals surface area contributed by atoms with E-state index in [4.69, 9.17) is 26.4 Å². The summed E-state index contributed by atoms with van der Waals surface area (Å²) in [6.45, 7) is 7.74. The first-order valence-electron chi connectivity index (χ1n) is 11.1. The molecule has 3 rings (SSSR count). The molecule has 0 aliphatic carbocycles. The van der Waals surface area contributed by atoms with Gasteiger partial charge in [-0.05, 0) is 18.3 Å². The number of fused-ring (bicyclic) bond motifs is 1. The smallest absolute Gasteiger partial charge is 0.434 e. The largest absolute Gasteiger partial charge is 0.508 e. The number of imidazole rings is 1. The summed E-state index contributed by atoms with van der Waals surface area (Å²) >= 11 is 0. The van der Waals surface area contributed by atoms with Gasteiger partial charge >= 0.3 is 12.2 Å². The van der Waals surface area contributed by atoms with Gasteiger partial charge in [0.25, 0.3) is 0 Å². The maximum Gasteiger partial charge on any atom is 0.508 e. The van der Waals surface area contributed by atoms with E-state index in [0.29, 0.717) is 6.42 Å². The number of aliphatic hydroxyl groups is 1. The van der Waals surface area contributed by atoms with Crippen LogP contribution in [0.1, 0.15) is 52.2 Å². The molecule has 184 valence electrons. The lowest BCUT2D eigenvalue weighted by Crippen LogP contribution is -2.43. The Morgan fingerprint density at radius 2 is 2.24 bits per heavy atom. The molecule has 0 bridgehead atoms. The first-order valence-corrected chi connectivity index (χ1v) is 11.1. The van der Waals surface area contributed by atoms with E-state index in [2.05, 4.69) is 41.3 Å². The van der Waals surface area contributed by atoms with Crippen molar-refractivity contribution in [2.24, 2.45) is 5.41 Å². The molecule has 1 saturated heterocycles. The van der Waals surface area contributed by atoms with Crippen molar-refractivity contribution in [3.8, 4) is 12.3 Å². The summed E-state index contributed by atoms with van der Waals surface area (Å²) in [5, 5.41) is 10.6. The monoisotopic (exact) mass is 475 g/mol. The Morgan fingerprint density at radius 3 is 2.88 bits per heavy atom. The van der Waals surface area contributed by atoms with Gasteiger partial charge in [0.1, 0.15) is 18.9 Å². The second-order valence-corrected chi connectivity index (χ2v) is 8.40. The molecule has 3 atom stereocenters. The van der Waals surface area contributed by atoms with Crippen LogP contribution in [0.2, 0.25) is 0 Å². The van der Waals surface area contributed by atoms with Crippen molar-refractivity contribution >= 4 is 23.1 Å². The Kier molecular flexibility index (Phi) is 7.74. The van der Waals surface area contributed by atoms with Gasteiger partial charge in [-0.2, -0.15) is 14.4 Å². The van der Waals surface area contributed by atoms with Crippen LogP contribution in [0, 0.1) is 23.8 Å². The number of hydrogen-bond donors (Lipinski definition) is 2. The second kappa shape index (κ2) is 10.4. The number of nitrogens with zero attached hydrogens (tertiary/aromatic N) is 4. The van der Waals surface area contributed by atoms with Gasteiger partial charge < -0.3 is 25.1 Å². The number of halogens is 1.